The summed E-state index contributed by atoms with van der Waals surface area (Å²) in [6.45, 7) is 8.56. The van der Waals surface area contributed by atoms with Crippen LogP contribution in [0.2, 0.25) is 0 Å². The van der Waals surface area contributed by atoms with E-state index in [1.807, 2.05) is 12.3 Å². The largest absolute Gasteiger partial charge is 0.487 e. The van der Waals surface area contributed by atoms with E-state index in [1.54, 1.807) is 0 Å². The van der Waals surface area contributed by atoms with Gasteiger partial charge >= 0.3 is 0 Å². The maximum absolute atomic E-state index is 5.90. The van der Waals surface area contributed by atoms with Crippen LogP contribution in [0.5, 0.6) is 5.75 Å². The molecule has 0 saturated carbocycles. The molecule has 1 unspecified atom stereocenters. The van der Waals surface area contributed by atoms with Gasteiger partial charge in [0.2, 0.25) is 0 Å². The molecule has 1 aromatic rings. The number of nitrogens with one attached hydrogen (secondary N) is 1. The molecule has 0 aliphatic carbocycles. The van der Waals surface area contributed by atoms with E-state index in [0.29, 0.717) is 6.10 Å². The number of piperidine rings is 1. The SMILES string of the molecule is CC(C)(C)c1ccc(OC2CCCNC2)cn1. The monoisotopic (exact) mass is 234 g/mol. The molecule has 1 N–H and O–H groups in total. The molecule has 1 atom stereocenters. The van der Waals surface area contributed by atoms with Crippen molar-refractivity contribution in [1.82, 2.24) is 10.3 Å². The average molecular weight is 234 g/mol. The first-order valence-corrected chi connectivity index (χ1v) is 6.39. The molecule has 0 bridgehead atoms. The third-order valence-corrected chi connectivity index (χ3v) is 3.06. The second-order valence-corrected chi connectivity index (χ2v) is 5.72. The summed E-state index contributed by atoms with van der Waals surface area (Å²) in [6.07, 6.45) is 4.47. The molecule has 94 valence electrons. The molecule has 3 heteroatoms. The summed E-state index contributed by atoms with van der Waals surface area (Å²) in [7, 11) is 0. The number of pyridine rings is 1. The fraction of sp³-hybridized carbons (Fsp3) is 0.643. The van der Waals surface area contributed by atoms with Gasteiger partial charge in [-0.2, -0.15) is 0 Å². The fourth-order valence-corrected chi connectivity index (χ4v) is 2.01. The van der Waals surface area contributed by atoms with Crippen molar-refractivity contribution in [2.75, 3.05) is 13.1 Å². The minimum Gasteiger partial charge on any atom is -0.487 e. The Balaban J connectivity index is 1.98. The first-order valence-electron chi connectivity index (χ1n) is 6.39. The standard InChI is InChI=1S/C14H22N2O/c1-14(2,3)13-7-6-12(10-16-13)17-11-5-4-8-15-9-11/h6-7,10-11,15H,4-5,8-9H2,1-3H3. The fourth-order valence-electron chi connectivity index (χ4n) is 2.01. The molecule has 17 heavy (non-hydrogen) atoms. The predicted molar refractivity (Wildman–Crippen MR) is 69.5 cm³/mol. The summed E-state index contributed by atoms with van der Waals surface area (Å²) in [4.78, 5) is 4.47. The zero-order valence-electron chi connectivity index (χ0n) is 11.0. The van der Waals surface area contributed by atoms with Crippen molar-refractivity contribution in [2.24, 2.45) is 0 Å². The molecular weight excluding hydrogens is 212 g/mol. The number of hydrogen-bond donors (Lipinski definition) is 1. The number of aromatic nitrogens is 1. The molecule has 1 saturated heterocycles. The van der Waals surface area contributed by atoms with Gasteiger partial charge in [0, 0.05) is 17.7 Å². The molecule has 0 aromatic carbocycles. The molecule has 1 aliphatic heterocycles. The van der Waals surface area contributed by atoms with Crippen LogP contribution in [0.25, 0.3) is 0 Å². The van der Waals surface area contributed by atoms with E-state index in [9.17, 15) is 0 Å². The highest BCUT2D eigenvalue weighted by atomic mass is 16.5. The van der Waals surface area contributed by atoms with Crippen LogP contribution >= 0.6 is 0 Å². The Hall–Kier alpha value is -1.09. The zero-order chi connectivity index (χ0) is 12.3. The van der Waals surface area contributed by atoms with Crippen molar-refractivity contribution in [2.45, 2.75) is 45.1 Å². The molecule has 3 nitrogen and oxygen atoms in total. The van der Waals surface area contributed by atoms with E-state index in [4.69, 9.17) is 4.74 Å². The van der Waals surface area contributed by atoms with Crippen LogP contribution in [-0.2, 0) is 5.41 Å². The van der Waals surface area contributed by atoms with Crippen LogP contribution in [0.4, 0.5) is 0 Å². The van der Waals surface area contributed by atoms with Crippen molar-refractivity contribution >= 4 is 0 Å². The molecule has 2 rings (SSSR count). The second-order valence-electron chi connectivity index (χ2n) is 5.72. The third kappa shape index (κ3) is 3.43. The van der Waals surface area contributed by atoms with Gasteiger partial charge in [0.05, 0.1) is 6.20 Å². The molecule has 1 aromatic heterocycles. The Bertz CT molecular complexity index is 347. The van der Waals surface area contributed by atoms with E-state index in [0.717, 1.165) is 31.0 Å². The Morgan fingerprint density at radius 3 is 2.71 bits per heavy atom. The minimum atomic E-state index is 0.102. The van der Waals surface area contributed by atoms with Crippen LogP contribution in [0.1, 0.15) is 39.3 Å². The van der Waals surface area contributed by atoms with E-state index in [1.165, 1.54) is 6.42 Å². The van der Waals surface area contributed by atoms with E-state index >= 15 is 0 Å². The van der Waals surface area contributed by atoms with E-state index in [2.05, 4.69) is 37.1 Å². The minimum absolute atomic E-state index is 0.102. The van der Waals surface area contributed by atoms with Gasteiger partial charge in [-0.05, 0) is 31.5 Å². The molecule has 0 radical (unpaired) electrons. The highest BCUT2D eigenvalue weighted by Gasteiger charge is 2.17. The van der Waals surface area contributed by atoms with Crippen LogP contribution < -0.4 is 10.1 Å². The number of rotatable bonds is 2. The first kappa shape index (κ1) is 12.4. The Kier molecular flexibility index (Phi) is 3.67. The lowest BCUT2D eigenvalue weighted by atomic mass is 9.92. The van der Waals surface area contributed by atoms with Gasteiger partial charge in [0.25, 0.3) is 0 Å². The van der Waals surface area contributed by atoms with Gasteiger partial charge in [-0.25, -0.2) is 0 Å². The lowest BCUT2D eigenvalue weighted by Gasteiger charge is -2.24. The molecule has 0 amide bonds. The van der Waals surface area contributed by atoms with Crippen LogP contribution in [-0.4, -0.2) is 24.2 Å². The third-order valence-electron chi connectivity index (χ3n) is 3.06. The summed E-state index contributed by atoms with van der Waals surface area (Å²) < 4.78 is 5.90. The van der Waals surface area contributed by atoms with Gasteiger partial charge in [-0.15, -0.1) is 0 Å². The summed E-state index contributed by atoms with van der Waals surface area (Å²) in [5.74, 6) is 0.881. The topological polar surface area (TPSA) is 34.1 Å². The smallest absolute Gasteiger partial charge is 0.138 e. The van der Waals surface area contributed by atoms with E-state index < -0.39 is 0 Å². The van der Waals surface area contributed by atoms with Gasteiger partial charge < -0.3 is 10.1 Å². The molecule has 2 heterocycles. The quantitative estimate of drug-likeness (QED) is 0.853. The van der Waals surface area contributed by atoms with Crippen molar-refractivity contribution in [3.8, 4) is 5.75 Å². The summed E-state index contributed by atoms with van der Waals surface area (Å²) >= 11 is 0. The summed E-state index contributed by atoms with van der Waals surface area (Å²) in [5, 5.41) is 3.35. The maximum atomic E-state index is 5.90. The Morgan fingerprint density at radius 1 is 1.35 bits per heavy atom. The lowest BCUT2D eigenvalue weighted by Crippen LogP contribution is -2.37. The van der Waals surface area contributed by atoms with Crippen LogP contribution in [0.15, 0.2) is 18.3 Å². The summed E-state index contributed by atoms with van der Waals surface area (Å²) in [5.41, 5.74) is 1.21. The van der Waals surface area contributed by atoms with Gasteiger partial charge in [0.1, 0.15) is 11.9 Å². The Morgan fingerprint density at radius 2 is 2.18 bits per heavy atom. The number of ether oxygens (including phenoxy) is 1. The maximum Gasteiger partial charge on any atom is 0.138 e. The predicted octanol–water partition coefficient (Wildman–Crippen LogP) is 2.51. The zero-order valence-corrected chi connectivity index (χ0v) is 11.0. The number of nitrogens with zero attached hydrogens (tertiary/aromatic N) is 1. The van der Waals surface area contributed by atoms with E-state index in [-0.39, 0.29) is 5.41 Å². The number of hydrogen-bond acceptors (Lipinski definition) is 3. The lowest BCUT2D eigenvalue weighted by molar-refractivity contribution is 0.166. The van der Waals surface area contributed by atoms with Crippen LogP contribution in [0, 0.1) is 0 Å². The van der Waals surface area contributed by atoms with Gasteiger partial charge in [-0.3, -0.25) is 4.98 Å². The normalized spacial score (nSPS) is 21.2. The van der Waals surface area contributed by atoms with Gasteiger partial charge in [0.15, 0.2) is 0 Å². The van der Waals surface area contributed by atoms with Gasteiger partial charge in [-0.1, -0.05) is 20.8 Å². The molecule has 0 spiro atoms. The first-order chi connectivity index (χ1) is 8.05. The molecular formula is C14H22N2O. The summed E-state index contributed by atoms with van der Waals surface area (Å²) in [6, 6.07) is 4.09. The molecule has 1 fully saturated rings. The van der Waals surface area contributed by atoms with Crippen LogP contribution in [0.3, 0.4) is 0 Å². The Labute approximate surface area is 104 Å². The second kappa shape index (κ2) is 5.05. The van der Waals surface area contributed by atoms with Crippen molar-refractivity contribution in [1.29, 1.82) is 0 Å². The highest BCUT2D eigenvalue weighted by molar-refractivity contribution is 5.23. The highest BCUT2D eigenvalue weighted by Crippen LogP contribution is 2.22. The molecule has 1 aliphatic rings. The van der Waals surface area contributed by atoms with Crippen molar-refractivity contribution in [3.05, 3.63) is 24.0 Å². The van der Waals surface area contributed by atoms with Crippen molar-refractivity contribution < 1.29 is 4.74 Å². The van der Waals surface area contributed by atoms with Crippen molar-refractivity contribution in [3.63, 3.8) is 0 Å². The average Bonchev–Trinajstić information content (AvgIpc) is 2.30.